The summed E-state index contributed by atoms with van der Waals surface area (Å²) in [6.45, 7) is 0. The van der Waals surface area contributed by atoms with Gasteiger partial charge in [0.25, 0.3) is 0 Å². The zero-order valence-corrected chi connectivity index (χ0v) is 14.7. The highest BCUT2D eigenvalue weighted by Gasteiger charge is 2.26. The van der Waals surface area contributed by atoms with E-state index in [1.54, 1.807) is 36.4 Å². The Morgan fingerprint density at radius 2 is 1.64 bits per heavy atom. The van der Waals surface area contributed by atoms with Crippen molar-refractivity contribution in [3.63, 3.8) is 0 Å². The fourth-order valence-electron chi connectivity index (χ4n) is 2.81. The van der Waals surface area contributed by atoms with Gasteiger partial charge in [-0.1, -0.05) is 29.8 Å². The highest BCUT2D eigenvalue weighted by Crippen LogP contribution is 2.33. The van der Waals surface area contributed by atoms with Gasteiger partial charge in [-0.05, 0) is 30.3 Å². The normalized spacial score (nSPS) is 11.0. The maximum absolute atomic E-state index is 14.5. The molecular formula is C19H10ClF3N4O. The number of benzene rings is 2. The van der Waals surface area contributed by atoms with E-state index in [0.29, 0.717) is 6.07 Å². The topological polar surface area (TPSA) is 52.7 Å². The molecule has 0 aliphatic heterocycles. The Kier molecular flexibility index (Phi) is 4.48. The Balaban J connectivity index is 2.15. The first kappa shape index (κ1) is 18.0. The molecule has 4 rings (SSSR count). The molecule has 0 N–H and O–H groups in total. The van der Waals surface area contributed by atoms with Crippen LogP contribution in [0.25, 0.3) is 22.8 Å². The molecule has 0 saturated carbocycles. The average Bonchev–Trinajstić information content (AvgIpc) is 3.22. The van der Waals surface area contributed by atoms with Gasteiger partial charge < -0.3 is 0 Å². The molecule has 0 aliphatic carbocycles. The van der Waals surface area contributed by atoms with E-state index in [-0.39, 0.29) is 11.5 Å². The van der Waals surface area contributed by atoms with Gasteiger partial charge in [0.1, 0.15) is 11.5 Å². The number of halogens is 4. The number of aromatic nitrogens is 4. The molecule has 0 spiro atoms. The molecule has 2 aromatic heterocycles. The van der Waals surface area contributed by atoms with Gasteiger partial charge in [0, 0.05) is 18.1 Å². The maximum Gasteiger partial charge on any atom is 0.300 e. The average molecular weight is 403 g/mol. The zero-order chi connectivity index (χ0) is 19.8. The highest BCUT2D eigenvalue weighted by atomic mass is 35.5. The second kappa shape index (κ2) is 6.97. The molecule has 0 unspecified atom stereocenters. The van der Waals surface area contributed by atoms with Crippen LogP contribution in [0.15, 0.2) is 65.7 Å². The fraction of sp³-hybridized carbons (Fsp3) is 0. The third-order valence-electron chi connectivity index (χ3n) is 4.03. The van der Waals surface area contributed by atoms with Crippen molar-refractivity contribution >= 4 is 11.6 Å². The van der Waals surface area contributed by atoms with Crippen molar-refractivity contribution in [2.75, 3.05) is 0 Å². The van der Waals surface area contributed by atoms with Crippen molar-refractivity contribution < 1.29 is 13.2 Å². The van der Waals surface area contributed by atoms with Gasteiger partial charge in [-0.25, -0.2) is 22.8 Å². The van der Waals surface area contributed by atoms with E-state index >= 15 is 0 Å². The molecule has 140 valence electrons. The smallest absolute Gasteiger partial charge is 0.270 e. The molecule has 9 heteroatoms. The molecule has 2 aromatic carbocycles. The van der Waals surface area contributed by atoms with Gasteiger partial charge in [0.2, 0.25) is 5.82 Å². The lowest BCUT2D eigenvalue weighted by molar-refractivity contribution is 0.498. The lowest BCUT2D eigenvalue weighted by atomic mass is 10.1. The summed E-state index contributed by atoms with van der Waals surface area (Å²) in [6, 6.07) is 11.0. The monoisotopic (exact) mass is 402 g/mol. The van der Waals surface area contributed by atoms with Gasteiger partial charge in [-0.15, -0.1) is 0 Å². The summed E-state index contributed by atoms with van der Waals surface area (Å²) in [6.07, 6.45) is 2.90. The van der Waals surface area contributed by atoms with Crippen molar-refractivity contribution in [2.24, 2.45) is 0 Å². The molecule has 0 bridgehead atoms. The molecule has 5 nitrogen and oxygen atoms in total. The van der Waals surface area contributed by atoms with Crippen molar-refractivity contribution in [2.45, 2.75) is 0 Å². The third kappa shape index (κ3) is 2.87. The minimum absolute atomic E-state index is 0.181. The Morgan fingerprint density at radius 3 is 2.32 bits per heavy atom. The molecule has 0 saturated heterocycles. The molecule has 0 radical (unpaired) electrons. The van der Waals surface area contributed by atoms with Crippen LogP contribution in [0, 0.1) is 17.5 Å². The van der Waals surface area contributed by atoms with Gasteiger partial charge in [0.15, 0.2) is 16.8 Å². The van der Waals surface area contributed by atoms with Gasteiger partial charge in [-0.3, -0.25) is 9.36 Å². The summed E-state index contributed by atoms with van der Waals surface area (Å²) in [5.74, 6) is -4.02. The van der Waals surface area contributed by atoms with Crippen molar-refractivity contribution in [3.8, 4) is 22.8 Å². The lowest BCUT2D eigenvalue weighted by Gasteiger charge is -2.17. The van der Waals surface area contributed by atoms with Crippen LogP contribution in [0.4, 0.5) is 13.2 Å². The van der Waals surface area contributed by atoms with Crippen molar-refractivity contribution in [3.05, 3.63) is 93.9 Å². The maximum atomic E-state index is 14.5. The minimum atomic E-state index is -1.47. The summed E-state index contributed by atoms with van der Waals surface area (Å²) in [5.41, 5.74) is -1.66. The second-order valence-electron chi connectivity index (χ2n) is 5.72. The summed E-state index contributed by atoms with van der Waals surface area (Å²) in [4.78, 5) is 17.1. The van der Waals surface area contributed by atoms with Crippen LogP contribution in [0.5, 0.6) is 0 Å². The van der Waals surface area contributed by atoms with E-state index in [4.69, 9.17) is 11.6 Å². The largest absolute Gasteiger partial charge is 0.300 e. The summed E-state index contributed by atoms with van der Waals surface area (Å²) in [7, 11) is 0. The van der Waals surface area contributed by atoms with Crippen LogP contribution in [0.3, 0.4) is 0 Å². The minimum Gasteiger partial charge on any atom is -0.270 e. The SMILES string of the molecule is O=c1c(-n2cccn2)nc(Cl)c(-c2c(F)ccc(F)c2F)n1-c1ccccc1. The van der Waals surface area contributed by atoms with Crippen LogP contribution in [0.1, 0.15) is 0 Å². The molecule has 0 aliphatic rings. The molecule has 4 aromatic rings. The van der Waals surface area contributed by atoms with E-state index in [0.717, 1.165) is 10.6 Å². The van der Waals surface area contributed by atoms with Gasteiger partial charge >= 0.3 is 5.56 Å². The first-order valence-corrected chi connectivity index (χ1v) is 8.38. The van der Waals surface area contributed by atoms with Gasteiger partial charge in [-0.2, -0.15) is 5.10 Å². The summed E-state index contributed by atoms with van der Waals surface area (Å²) in [5, 5.41) is 3.56. The van der Waals surface area contributed by atoms with E-state index < -0.39 is 39.4 Å². The van der Waals surface area contributed by atoms with Crippen LogP contribution >= 0.6 is 11.6 Å². The summed E-state index contributed by atoms with van der Waals surface area (Å²) >= 11 is 6.24. The second-order valence-corrected chi connectivity index (χ2v) is 6.08. The molecule has 28 heavy (non-hydrogen) atoms. The molecular weight excluding hydrogens is 393 g/mol. The van der Waals surface area contributed by atoms with Crippen LogP contribution < -0.4 is 5.56 Å². The number of hydrogen-bond acceptors (Lipinski definition) is 3. The van der Waals surface area contributed by atoms with Crippen LogP contribution in [-0.2, 0) is 0 Å². The third-order valence-corrected chi connectivity index (χ3v) is 4.30. The predicted molar refractivity (Wildman–Crippen MR) is 97.3 cm³/mol. The van der Waals surface area contributed by atoms with Gasteiger partial charge in [0.05, 0.1) is 5.56 Å². The first-order chi connectivity index (χ1) is 13.5. The number of nitrogens with zero attached hydrogens (tertiary/aromatic N) is 4. The van der Waals surface area contributed by atoms with Crippen LogP contribution in [-0.4, -0.2) is 19.3 Å². The van der Waals surface area contributed by atoms with E-state index in [1.165, 1.54) is 17.1 Å². The molecule has 2 heterocycles. The zero-order valence-electron chi connectivity index (χ0n) is 14.0. The fourth-order valence-corrected chi connectivity index (χ4v) is 3.07. The van der Waals surface area contributed by atoms with Crippen molar-refractivity contribution in [1.82, 2.24) is 19.3 Å². The standard InChI is InChI=1S/C19H10ClF3N4O/c20-17-16(14-12(21)7-8-13(22)15(14)23)27(11-5-2-1-3-6-11)19(28)18(25-17)26-10-4-9-24-26/h1-10H. The van der Waals surface area contributed by atoms with Crippen molar-refractivity contribution in [1.29, 1.82) is 0 Å². The highest BCUT2D eigenvalue weighted by molar-refractivity contribution is 6.32. The Bertz CT molecular complexity index is 1220. The number of hydrogen-bond donors (Lipinski definition) is 0. The van der Waals surface area contributed by atoms with E-state index in [9.17, 15) is 18.0 Å². The summed E-state index contributed by atoms with van der Waals surface area (Å²) < 4.78 is 44.9. The molecule has 0 fully saturated rings. The number of rotatable bonds is 3. The Hall–Kier alpha value is -3.39. The Morgan fingerprint density at radius 1 is 0.929 bits per heavy atom. The predicted octanol–water partition coefficient (Wildman–Crippen LogP) is 4.16. The lowest BCUT2D eigenvalue weighted by Crippen LogP contribution is -2.27. The molecule has 0 atom stereocenters. The van der Waals surface area contributed by atoms with E-state index in [1.807, 2.05) is 0 Å². The quantitative estimate of drug-likeness (QED) is 0.484. The van der Waals surface area contributed by atoms with E-state index in [2.05, 4.69) is 10.1 Å². The molecule has 0 amide bonds. The Labute approximate surface area is 161 Å². The van der Waals surface area contributed by atoms with Crippen LogP contribution in [0.2, 0.25) is 5.15 Å². The first-order valence-electron chi connectivity index (χ1n) is 8.01. The number of para-hydroxylation sites is 1.